The smallest absolute Gasteiger partial charge is 0.226 e. The molecule has 2 N–H and O–H groups in total. The lowest BCUT2D eigenvalue weighted by Crippen LogP contribution is -2.51. The highest BCUT2D eigenvalue weighted by molar-refractivity contribution is 14.0. The first kappa shape index (κ1) is 22.0. The van der Waals surface area contributed by atoms with Crippen LogP contribution in [0.3, 0.4) is 0 Å². The van der Waals surface area contributed by atoms with E-state index in [4.69, 9.17) is 9.15 Å². The molecule has 2 atom stereocenters. The van der Waals surface area contributed by atoms with E-state index in [1.807, 2.05) is 12.1 Å². The summed E-state index contributed by atoms with van der Waals surface area (Å²) in [7, 11) is 1.77. The molecule has 2 unspecified atom stereocenters. The van der Waals surface area contributed by atoms with Crippen LogP contribution in [0.2, 0.25) is 0 Å². The number of guanidine groups is 1. The first-order valence-corrected chi connectivity index (χ1v) is 10.0. The number of aryl methyl sites for hydroxylation is 1. The van der Waals surface area contributed by atoms with Gasteiger partial charge in [0.2, 0.25) is 5.89 Å². The number of oxazole rings is 1. The molecule has 0 amide bonds. The van der Waals surface area contributed by atoms with Gasteiger partial charge in [-0.2, -0.15) is 0 Å². The van der Waals surface area contributed by atoms with E-state index in [2.05, 4.69) is 44.6 Å². The number of rotatable bonds is 5. The van der Waals surface area contributed by atoms with Crippen molar-refractivity contribution in [2.75, 3.05) is 33.3 Å². The number of benzene rings is 1. The minimum Gasteiger partial charge on any atom is -0.444 e. The fourth-order valence-electron chi connectivity index (χ4n) is 3.83. The number of aromatic nitrogens is 1. The number of halogens is 1. The van der Waals surface area contributed by atoms with Gasteiger partial charge >= 0.3 is 0 Å². The third kappa shape index (κ3) is 5.70. The molecule has 0 spiro atoms. The molecule has 1 aromatic heterocycles. The highest BCUT2D eigenvalue weighted by atomic mass is 127. The minimum absolute atomic E-state index is 0. The van der Waals surface area contributed by atoms with Gasteiger partial charge in [0.1, 0.15) is 6.26 Å². The minimum atomic E-state index is 0. The number of ether oxygens (including phenoxy) is 1. The standard InChI is InChI=1S/C21H29N5O2.HI/c1-15-5-7-16(8-6-15)20-25-17(13-28-20)10-23-21(22-2)24-11-19-12-26-9-3-4-18(26)14-27-19;/h5-8,13,18-19H,3-4,9-12,14H2,1-2H3,(H2,22,23,24);1H. The molecule has 3 heterocycles. The zero-order chi connectivity index (χ0) is 19.3. The number of morpholine rings is 1. The largest absolute Gasteiger partial charge is 0.444 e. The van der Waals surface area contributed by atoms with Crippen molar-refractivity contribution in [2.24, 2.45) is 4.99 Å². The second-order valence-electron chi connectivity index (χ2n) is 7.56. The van der Waals surface area contributed by atoms with Crippen molar-refractivity contribution in [3.8, 4) is 11.5 Å². The maximum absolute atomic E-state index is 6.00. The molecular weight excluding hydrogens is 481 g/mol. The van der Waals surface area contributed by atoms with Crippen LogP contribution in [0.4, 0.5) is 0 Å². The number of hydrogen-bond acceptors (Lipinski definition) is 5. The van der Waals surface area contributed by atoms with Crippen molar-refractivity contribution in [1.82, 2.24) is 20.5 Å². The molecular formula is C21H30IN5O2. The van der Waals surface area contributed by atoms with E-state index in [9.17, 15) is 0 Å². The van der Waals surface area contributed by atoms with Crippen LogP contribution in [0.25, 0.3) is 11.5 Å². The molecule has 4 rings (SSSR count). The van der Waals surface area contributed by atoms with Gasteiger partial charge in [-0.15, -0.1) is 24.0 Å². The van der Waals surface area contributed by atoms with Crippen molar-refractivity contribution in [1.29, 1.82) is 0 Å². The van der Waals surface area contributed by atoms with Crippen LogP contribution in [0.1, 0.15) is 24.1 Å². The van der Waals surface area contributed by atoms with E-state index in [0.29, 0.717) is 18.5 Å². The Morgan fingerprint density at radius 3 is 2.90 bits per heavy atom. The third-order valence-electron chi connectivity index (χ3n) is 5.47. The van der Waals surface area contributed by atoms with Crippen molar-refractivity contribution in [3.63, 3.8) is 0 Å². The summed E-state index contributed by atoms with van der Waals surface area (Å²) in [6.45, 7) is 6.41. The molecule has 8 heteroatoms. The lowest BCUT2D eigenvalue weighted by Gasteiger charge is -2.35. The van der Waals surface area contributed by atoms with E-state index >= 15 is 0 Å². The summed E-state index contributed by atoms with van der Waals surface area (Å²) in [5, 5.41) is 6.66. The summed E-state index contributed by atoms with van der Waals surface area (Å²) in [4.78, 5) is 11.4. The normalized spacial score (nSPS) is 22.1. The Labute approximate surface area is 189 Å². The molecule has 2 fully saturated rings. The summed E-state index contributed by atoms with van der Waals surface area (Å²) in [6.07, 6.45) is 4.45. The van der Waals surface area contributed by atoms with Gasteiger partial charge in [0.05, 0.1) is 24.9 Å². The second kappa shape index (κ2) is 10.4. The average molecular weight is 511 g/mol. The molecule has 1 aromatic carbocycles. The topological polar surface area (TPSA) is 74.9 Å². The maximum Gasteiger partial charge on any atom is 0.226 e. The predicted molar refractivity (Wildman–Crippen MR) is 125 cm³/mol. The molecule has 7 nitrogen and oxygen atoms in total. The first-order chi connectivity index (χ1) is 13.7. The number of aliphatic imine (C=N–C) groups is 1. The zero-order valence-electron chi connectivity index (χ0n) is 17.1. The number of fused-ring (bicyclic) bond motifs is 1. The predicted octanol–water partition coefficient (Wildman–Crippen LogP) is 2.80. The zero-order valence-corrected chi connectivity index (χ0v) is 19.4. The Morgan fingerprint density at radius 2 is 2.10 bits per heavy atom. The van der Waals surface area contributed by atoms with Crippen LogP contribution in [0, 0.1) is 6.92 Å². The van der Waals surface area contributed by atoms with Crippen LogP contribution in [-0.4, -0.2) is 61.3 Å². The van der Waals surface area contributed by atoms with Crippen molar-refractivity contribution in [2.45, 2.75) is 38.5 Å². The lowest BCUT2D eigenvalue weighted by atomic mass is 10.1. The molecule has 0 bridgehead atoms. The Morgan fingerprint density at radius 1 is 1.28 bits per heavy atom. The lowest BCUT2D eigenvalue weighted by molar-refractivity contribution is -0.0453. The maximum atomic E-state index is 6.00. The molecule has 0 aliphatic carbocycles. The Kier molecular flexibility index (Phi) is 7.91. The van der Waals surface area contributed by atoms with Crippen molar-refractivity contribution < 1.29 is 9.15 Å². The molecule has 2 saturated heterocycles. The van der Waals surface area contributed by atoms with Gasteiger partial charge in [-0.3, -0.25) is 9.89 Å². The van der Waals surface area contributed by atoms with Gasteiger partial charge in [0, 0.05) is 31.7 Å². The van der Waals surface area contributed by atoms with Gasteiger partial charge in [-0.1, -0.05) is 17.7 Å². The Bertz CT molecular complexity index is 808. The van der Waals surface area contributed by atoms with Gasteiger partial charge in [0.25, 0.3) is 0 Å². The summed E-state index contributed by atoms with van der Waals surface area (Å²) in [5.41, 5.74) is 3.04. The van der Waals surface area contributed by atoms with E-state index in [1.54, 1.807) is 13.3 Å². The second-order valence-corrected chi connectivity index (χ2v) is 7.56. The number of nitrogens with one attached hydrogen (secondary N) is 2. The van der Waals surface area contributed by atoms with E-state index in [1.165, 1.54) is 24.9 Å². The van der Waals surface area contributed by atoms with Gasteiger partial charge in [-0.25, -0.2) is 4.98 Å². The summed E-state index contributed by atoms with van der Waals surface area (Å²) in [6, 6.07) is 8.78. The Balaban J connectivity index is 0.00000240. The molecule has 158 valence electrons. The third-order valence-corrected chi connectivity index (χ3v) is 5.47. The van der Waals surface area contributed by atoms with Crippen LogP contribution in [0.5, 0.6) is 0 Å². The van der Waals surface area contributed by atoms with E-state index < -0.39 is 0 Å². The SMILES string of the molecule is CN=C(NCc1coc(-c2ccc(C)cc2)n1)NCC1CN2CCCC2CO1.I. The number of nitrogens with zero attached hydrogens (tertiary/aromatic N) is 3. The van der Waals surface area contributed by atoms with E-state index in [-0.39, 0.29) is 30.1 Å². The van der Waals surface area contributed by atoms with Crippen LogP contribution >= 0.6 is 24.0 Å². The van der Waals surface area contributed by atoms with Crippen molar-refractivity contribution >= 4 is 29.9 Å². The quantitative estimate of drug-likeness (QED) is 0.366. The first-order valence-electron chi connectivity index (χ1n) is 10.0. The van der Waals surface area contributed by atoms with Crippen LogP contribution in [-0.2, 0) is 11.3 Å². The average Bonchev–Trinajstić information content (AvgIpc) is 3.37. The summed E-state index contributed by atoms with van der Waals surface area (Å²) in [5.74, 6) is 1.38. The molecule has 2 aromatic rings. The highest BCUT2D eigenvalue weighted by Gasteiger charge is 2.32. The molecule has 0 saturated carbocycles. The summed E-state index contributed by atoms with van der Waals surface area (Å²) >= 11 is 0. The molecule has 2 aliphatic rings. The fourth-order valence-corrected chi connectivity index (χ4v) is 3.83. The fraction of sp³-hybridized carbons (Fsp3) is 0.524. The van der Waals surface area contributed by atoms with Crippen molar-refractivity contribution in [3.05, 3.63) is 41.8 Å². The monoisotopic (exact) mass is 511 g/mol. The number of hydrogen-bond donors (Lipinski definition) is 2. The Hall–Kier alpha value is -1.65. The molecule has 0 radical (unpaired) electrons. The highest BCUT2D eigenvalue weighted by Crippen LogP contribution is 2.22. The van der Waals surface area contributed by atoms with Gasteiger partial charge < -0.3 is 19.8 Å². The van der Waals surface area contributed by atoms with Crippen LogP contribution < -0.4 is 10.6 Å². The van der Waals surface area contributed by atoms with E-state index in [0.717, 1.165) is 36.9 Å². The van der Waals surface area contributed by atoms with Gasteiger partial charge in [0.15, 0.2) is 5.96 Å². The molecule has 2 aliphatic heterocycles. The summed E-state index contributed by atoms with van der Waals surface area (Å²) < 4.78 is 11.6. The van der Waals surface area contributed by atoms with Gasteiger partial charge in [-0.05, 0) is 38.4 Å². The van der Waals surface area contributed by atoms with Crippen LogP contribution in [0.15, 0.2) is 39.9 Å². The molecule has 29 heavy (non-hydrogen) atoms.